The maximum Gasteiger partial charge on any atom is 0.420 e. The standard InChI is InChI=1S/C14H10F3O2/c1-18-10-6-8-11(9-7-10)19-13-5-3-2-4-12(13)14(15,16)17/h2-3,5-9H,1H3. The third-order valence-corrected chi connectivity index (χ3v) is 2.39. The van der Waals surface area contributed by atoms with E-state index in [9.17, 15) is 13.2 Å². The SMILES string of the molecule is COc1ccc(Oc2ccc[c]c2C(F)(F)F)cc1. The lowest BCUT2D eigenvalue weighted by Crippen LogP contribution is -2.07. The van der Waals surface area contributed by atoms with E-state index in [0.29, 0.717) is 11.5 Å². The minimum atomic E-state index is -4.50. The zero-order valence-corrected chi connectivity index (χ0v) is 9.99. The molecule has 1 radical (unpaired) electrons. The van der Waals surface area contributed by atoms with Gasteiger partial charge in [0, 0.05) is 0 Å². The zero-order valence-electron chi connectivity index (χ0n) is 9.99. The van der Waals surface area contributed by atoms with Gasteiger partial charge in [-0.1, -0.05) is 12.1 Å². The summed E-state index contributed by atoms with van der Waals surface area (Å²) in [5.41, 5.74) is -0.925. The van der Waals surface area contributed by atoms with E-state index in [1.165, 1.54) is 37.4 Å². The Morgan fingerprint density at radius 1 is 1.00 bits per heavy atom. The molecule has 0 N–H and O–H groups in total. The van der Waals surface area contributed by atoms with E-state index in [1.807, 2.05) is 0 Å². The van der Waals surface area contributed by atoms with E-state index in [2.05, 4.69) is 6.07 Å². The van der Waals surface area contributed by atoms with E-state index in [0.717, 1.165) is 0 Å². The molecule has 5 heteroatoms. The van der Waals surface area contributed by atoms with E-state index in [1.54, 1.807) is 12.1 Å². The first-order valence-electron chi connectivity index (χ1n) is 5.40. The molecule has 0 saturated carbocycles. The predicted octanol–water partition coefficient (Wildman–Crippen LogP) is 4.31. The molecule has 0 aliphatic rings. The number of benzene rings is 2. The molecule has 0 bridgehead atoms. The fourth-order valence-electron chi connectivity index (χ4n) is 1.50. The van der Waals surface area contributed by atoms with Crippen molar-refractivity contribution in [3.63, 3.8) is 0 Å². The maximum absolute atomic E-state index is 12.7. The van der Waals surface area contributed by atoms with Crippen molar-refractivity contribution in [2.75, 3.05) is 7.11 Å². The summed E-state index contributed by atoms with van der Waals surface area (Å²) in [6.45, 7) is 0. The number of halogens is 3. The van der Waals surface area contributed by atoms with Crippen LogP contribution in [0.2, 0.25) is 0 Å². The fraction of sp³-hybridized carbons (Fsp3) is 0.143. The van der Waals surface area contributed by atoms with Crippen LogP contribution in [0.3, 0.4) is 0 Å². The lowest BCUT2D eigenvalue weighted by molar-refractivity contribution is -0.138. The van der Waals surface area contributed by atoms with Crippen molar-refractivity contribution in [2.45, 2.75) is 6.18 Å². The lowest BCUT2D eigenvalue weighted by atomic mass is 10.2. The van der Waals surface area contributed by atoms with Crippen molar-refractivity contribution in [3.8, 4) is 17.2 Å². The Bertz CT molecular complexity index is 547. The lowest BCUT2D eigenvalue weighted by Gasteiger charge is -2.13. The van der Waals surface area contributed by atoms with Crippen molar-refractivity contribution >= 4 is 0 Å². The van der Waals surface area contributed by atoms with Crippen LogP contribution in [0, 0.1) is 6.07 Å². The van der Waals surface area contributed by atoms with Crippen LogP contribution in [0.4, 0.5) is 13.2 Å². The summed E-state index contributed by atoms with van der Waals surface area (Å²) in [5.74, 6) is 0.620. The van der Waals surface area contributed by atoms with E-state index >= 15 is 0 Å². The second-order valence-corrected chi connectivity index (χ2v) is 3.68. The second kappa shape index (κ2) is 5.22. The van der Waals surface area contributed by atoms with Crippen LogP contribution in [0.1, 0.15) is 5.56 Å². The molecular weight excluding hydrogens is 257 g/mol. The highest BCUT2D eigenvalue weighted by molar-refractivity contribution is 5.40. The Morgan fingerprint density at radius 2 is 1.63 bits per heavy atom. The van der Waals surface area contributed by atoms with Gasteiger partial charge in [0.25, 0.3) is 0 Å². The summed E-state index contributed by atoms with van der Waals surface area (Å²) in [7, 11) is 1.50. The first-order chi connectivity index (χ1) is 9.00. The average molecular weight is 267 g/mol. The predicted molar refractivity (Wildman–Crippen MR) is 63.3 cm³/mol. The molecule has 2 nitrogen and oxygen atoms in total. The Balaban J connectivity index is 2.28. The molecule has 0 spiro atoms. The molecule has 0 fully saturated rings. The Kier molecular flexibility index (Phi) is 3.64. The minimum Gasteiger partial charge on any atom is -0.497 e. The highest BCUT2D eigenvalue weighted by atomic mass is 19.4. The molecule has 0 amide bonds. The smallest absolute Gasteiger partial charge is 0.420 e. The molecular formula is C14H10F3O2. The number of rotatable bonds is 3. The van der Waals surface area contributed by atoms with Gasteiger partial charge in [0.2, 0.25) is 0 Å². The van der Waals surface area contributed by atoms with Crippen LogP contribution in [-0.4, -0.2) is 7.11 Å². The second-order valence-electron chi connectivity index (χ2n) is 3.68. The fourth-order valence-corrected chi connectivity index (χ4v) is 1.50. The highest BCUT2D eigenvalue weighted by Gasteiger charge is 2.34. The van der Waals surface area contributed by atoms with Crippen LogP contribution in [0.15, 0.2) is 42.5 Å². The molecule has 19 heavy (non-hydrogen) atoms. The van der Waals surface area contributed by atoms with Gasteiger partial charge in [-0.05, 0) is 36.4 Å². The van der Waals surface area contributed by atoms with Crippen LogP contribution < -0.4 is 9.47 Å². The van der Waals surface area contributed by atoms with E-state index in [4.69, 9.17) is 9.47 Å². The molecule has 0 aliphatic heterocycles. The number of ether oxygens (including phenoxy) is 2. The monoisotopic (exact) mass is 267 g/mol. The summed E-state index contributed by atoms with van der Waals surface area (Å²) < 4.78 is 48.4. The first kappa shape index (κ1) is 13.3. The van der Waals surface area contributed by atoms with Crippen molar-refractivity contribution in [2.24, 2.45) is 0 Å². The number of hydrogen-bond acceptors (Lipinski definition) is 2. The molecule has 0 heterocycles. The molecule has 0 unspecified atom stereocenters. The number of hydrogen-bond donors (Lipinski definition) is 0. The summed E-state index contributed by atoms with van der Waals surface area (Å²) in [6.07, 6.45) is -4.50. The average Bonchev–Trinajstić information content (AvgIpc) is 2.39. The van der Waals surface area contributed by atoms with Crippen molar-refractivity contribution in [3.05, 3.63) is 54.1 Å². The molecule has 99 valence electrons. The van der Waals surface area contributed by atoms with Crippen LogP contribution in [0.25, 0.3) is 0 Å². The van der Waals surface area contributed by atoms with Gasteiger partial charge < -0.3 is 9.47 Å². The molecule has 0 aliphatic carbocycles. The van der Waals surface area contributed by atoms with Gasteiger partial charge in [-0.15, -0.1) is 0 Å². The van der Waals surface area contributed by atoms with Gasteiger partial charge in [-0.3, -0.25) is 0 Å². The van der Waals surface area contributed by atoms with Gasteiger partial charge in [-0.25, -0.2) is 0 Å². The molecule has 2 aromatic carbocycles. The Morgan fingerprint density at radius 3 is 2.21 bits per heavy atom. The van der Waals surface area contributed by atoms with Gasteiger partial charge in [0.15, 0.2) is 0 Å². The minimum absolute atomic E-state index is 0.278. The molecule has 0 saturated heterocycles. The third-order valence-electron chi connectivity index (χ3n) is 2.39. The molecule has 0 atom stereocenters. The van der Waals surface area contributed by atoms with Crippen molar-refractivity contribution in [1.29, 1.82) is 0 Å². The topological polar surface area (TPSA) is 18.5 Å². The van der Waals surface area contributed by atoms with E-state index < -0.39 is 11.7 Å². The summed E-state index contributed by atoms with van der Waals surface area (Å²) in [6, 6.07) is 12.3. The number of methoxy groups -OCH3 is 1. The van der Waals surface area contributed by atoms with Crippen LogP contribution in [0.5, 0.6) is 17.2 Å². The van der Waals surface area contributed by atoms with E-state index in [-0.39, 0.29) is 5.75 Å². The molecule has 0 aromatic heterocycles. The third kappa shape index (κ3) is 3.19. The highest BCUT2D eigenvalue weighted by Crippen LogP contribution is 2.37. The van der Waals surface area contributed by atoms with Crippen molar-refractivity contribution in [1.82, 2.24) is 0 Å². The van der Waals surface area contributed by atoms with Crippen LogP contribution in [-0.2, 0) is 6.18 Å². The van der Waals surface area contributed by atoms with Crippen LogP contribution >= 0.6 is 0 Å². The zero-order chi connectivity index (χ0) is 13.9. The Labute approximate surface area is 108 Å². The summed E-state index contributed by atoms with van der Waals surface area (Å²) in [5, 5.41) is 0. The number of alkyl halides is 3. The maximum atomic E-state index is 12.7. The van der Waals surface area contributed by atoms with Gasteiger partial charge in [0.1, 0.15) is 22.8 Å². The summed E-state index contributed by atoms with van der Waals surface area (Å²) >= 11 is 0. The molecule has 2 aromatic rings. The van der Waals surface area contributed by atoms with Gasteiger partial charge >= 0.3 is 6.18 Å². The normalized spacial score (nSPS) is 11.2. The Hall–Kier alpha value is -2.17. The molecule has 2 rings (SSSR count). The summed E-state index contributed by atoms with van der Waals surface area (Å²) in [4.78, 5) is 0. The largest absolute Gasteiger partial charge is 0.497 e. The van der Waals surface area contributed by atoms with Crippen molar-refractivity contribution < 1.29 is 22.6 Å². The quantitative estimate of drug-likeness (QED) is 0.825. The van der Waals surface area contributed by atoms with Gasteiger partial charge in [0.05, 0.1) is 7.11 Å². The first-order valence-corrected chi connectivity index (χ1v) is 5.40. The van der Waals surface area contributed by atoms with Gasteiger partial charge in [-0.2, -0.15) is 13.2 Å².